The zero-order chi connectivity index (χ0) is 23.8. The molecule has 0 spiro atoms. The molecule has 1 fully saturated rings. The second-order valence-electron chi connectivity index (χ2n) is 7.99. The van der Waals surface area contributed by atoms with Crippen LogP contribution >= 0.6 is 0 Å². The molecular formula is C20H23F2N7O3S. The topological polar surface area (TPSA) is 125 Å². The summed E-state index contributed by atoms with van der Waals surface area (Å²) in [6.07, 6.45) is 5.44. The molecule has 10 nitrogen and oxygen atoms in total. The molecule has 3 aromatic rings. The second kappa shape index (κ2) is 9.06. The number of rotatable bonds is 7. The van der Waals surface area contributed by atoms with Gasteiger partial charge in [0.2, 0.25) is 16.0 Å². The monoisotopic (exact) mass is 479 g/mol. The van der Waals surface area contributed by atoms with Crippen LogP contribution in [0, 0.1) is 18.6 Å². The Balaban J connectivity index is 1.72. The second-order valence-corrected chi connectivity index (χ2v) is 10.0. The number of ether oxygens (including phenoxy) is 1. The molecule has 0 aromatic carbocycles. The van der Waals surface area contributed by atoms with E-state index in [9.17, 15) is 17.2 Å². The minimum atomic E-state index is -4.08. The first-order chi connectivity index (χ1) is 15.7. The van der Waals surface area contributed by atoms with Gasteiger partial charge >= 0.3 is 0 Å². The van der Waals surface area contributed by atoms with Gasteiger partial charge in [0, 0.05) is 30.8 Å². The summed E-state index contributed by atoms with van der Waals surface area (Å²) in [6.45, 7) is 5.73. The Morgan fingerprint density at radius 3 is 2.39 bits per heavy atom. The Labute approximate surface area is 189 Å². The summed E-state index contributed by atoms with van der Waals surface area (Å²) in [5.41, 5.74) is 0.328. The fourth-order valence-corrected chi connectivity index (χ4v) is 4.77. The maximum absolute atomic E-state index is 14.6. The molecule has 176 valence electrons. The number of aryl methyl sites for hydroxylation is 1. The van der Waals surface area contributed by atoms with Gasteiger partial charge in [0.15, 0.2) is 11.6 Å². The van der Waals surface area contributed by atoms with Crippen molar-refractivity contribution in [2.45, 2.75) is 44.3 Å². The van der Waals surface area contributed by atoms with E-state index in [4.69, 9.17) is 4.74 Å². The Morgan fingerprint density at radius 2 is 1.79 bits per heavy atom. The first-order valence-electron chi connectivity index (χ1n) is 10.3. The van der Waals surface area contributed by atoms with Gasteiger partial charge < -0.3 is 4.74 Å². The van der Waals surface area contributed by atoms with Crippen molar-refractivity contribution in [3.05, 3.63) is 53.6 Å². The van der Waals surface area contributed by atoms with Gasteiger partial charge in [-0.1, -0.05) is 6.92 Å². The highest BCUT2D eigenvalue weighted by Crippen LogP contribution is 2.31. The van der Waals surface area contributed by atoms with Crippen molar-refractivity contribution in [3.63, 3.8) is 0 Å². The lowest BCUT2D eigenvalue weighted by Gasteiger charge is -2.21. The summed E-state index contributed by atoms with van der Waals surface area (Å²) >= 11 is 0. The van der Waals surface area contributed by atoms with E-state index in [0.29, 0.717) is 18.9 Å². The Morgan fingerprint density at radius 1 is 1.12 bits per heavy atom. The van der Waals surface area contributed by atoms with E-state index >= 15 is 0 Å². The zero-order valence-electron chi connectivity index (χ0n) is 18.2. The SMILES string of the molecule is Cc1cnc([C@@H](C)[C@H](C)S(=O)(=O)Nc2nnc([C@@H]3CCOC3)n2-c2c(F)cncc2F)nc1. The van der Waals surface area contributed by atoms with Crippen LogP contribution in [0.2, 0.25) is 0 Å². The van der Waals surface area contributed by atoms with Crippen LogP contribution in [0.5, 0.6) is 0 Å². The van der Waals surface area contributed by atoms with Gasteiger partial charge in [-0.3, -0.25) is 14.3 Å². The smallest absolute Gasteiger partial charge is 0.243 e. The predicted molar refractivity (Wildman–Crippen MR) is 114 cm³/mol. The average molecular weight is 480 g/mol. The molecule has 1 aliphatic rings. The summed E-state index contributed by atoms with van der Waals surface area (Å²) in [7, 11) is -4.08. The molecule has 3 atom stereocenters. The third-order valence-corrected chi connectivity index (χ3v) is 7.52. The highest BCUT2D eigenvalue weighted by atomic mass is 32.2. The van der Waals surface area contributed by atoms with Gasteiger partial charge in [0.25, 0.3) is 0 Å². The average Bonchev–Trinajstić information content (AvgIpc) is 3.43. The fourth-order valence-electron chi connectivity index (χ4n) is 3.54. The number of aromatic nitrogens is 6. The van der Waals surface area contributed by atoms with Crippen molar-refractivity contribution >= 4 is 16.0 Å². The number of pyridine rings is 1. The van der Waals surface area contributed by atoms with Gasteiger partial charge in [0.1, 0.15) is 17.3 Å². The lowest BCUT2D eigenvalue weighted by atomic mass is 10.1. The molecule has 0 saturated carbocycles. The van der Waals surface area contributed by atoms with Gasteiger partial charge in [-0.05, 0) is 25.8 Å². The maximum Gasteiger partial charge on any atom is 0.243 e. The van der Waals surface area contributed by atoms with Crippen LogP contribution in [0.1, 0.15) is 49.3 Å². The molecule has 0 bridgehead atoms. The first-order valence-corrected chi connectivity index (χ1v) is 11.9. The largest absolute Gasteiger partial charge is 0.381 e. The van der Waals surface area contributed by atoms with Crippen molar-refractivity contribution < 1.29 is 21.9 Å². The van der Waals surface area contributed by atoms with Crippen molar-refractivity contribution in [1.29, 1.82) is 0 Å². The van der Waals surface area contributed by atoms with Crippen LogP contribution in [0.15, 0.2) is 24.8 Å². The molecule has 3 aromatic heterocycles. The molecule has 1 saturated heterocycles. The summed E-state index contributed by atoms with van der Waals surface area (Å²) in [5.74, 6) is -2.62. The van der Waals surface area contributed by atoms with Crippen LogP contribution in [-0.4, -0.2) is 56.6 Å². The molecule has 4 heterocycles. The van der Waals surface area contributed by atoms with Crippen LogP contribution in [-0.2, 0) is 14.8 Å². The third kappa shape index (κ3) is 4.55. The predicted octanol–water partition coefficient (Wildman–Crippen LogP) is 2.48. The van der Waals surface area contributed by atoms with Crippen LogP contribution in [0.25, 0.3) is 5.69 Å². The van der Waals surface area contributed by atoms with E-state index in [1.54, 1.807) is 19.3 Å². The molecule has 0 aliphatic carbocycles. The summed E-state index contributed by atoms with van der Waals surface area (Å²) in [6, 6.07) is 0. The van der Waals surface area contributed by atoms with Crippen molar-refractivity contribution in [1.82, 2.24) is 29.7 Å². The van der Waals surface area contributed by atoms with Crippen LogP contribution < -0.4 is 4.72 Å². The van der Waals surface area contributed by atoms with Crippen molar-refractivity contribution in [2.24, 2.45) is 0 Å². The minimum absolute atomic E-state index is 0.191. The number of hydrogen-bond donors (Lipinski definition) is 1. The lowest BCUT2D eigenvalue weighted by Crippen LogP contribution is -2.31. The van der Waals surface area contributed by atoms with E-state index in [2.05, 4.69) is 29.9 Å². The standard InChI is InChI=1S/C20H23F2N7O3S/c1-11-6-24-18(25-7-11)12(2)13(3)33(30,31)28-20-27-26-19(14-4-5-32-10-14)29(20)17-15(21)8-23-9-16(17)22/h6-9,12-14H,4-5,10H2,1-3H3,(H,27,28)/t12-,13-,14+/m0/s1. The summed E-state index contributed by atoms with van der Waals surface area (Å²) in [4.78, 5) is 11.9. The molecule has 0 unspecified atom stereocenters. The summed E-state index contributed by atoms with van der Waals surface area (Å²) < 4.78 is 64.4. The number of nitrogens with one attached hydrogen (secondary N) is 1. The normalized spacial score (nSPS) is 18.3. The molecule has 0 amide bonds. The van der Waals surface area contributed by atoms with Gasteiger partial charge in [0.05, 0.1) is 24.3 Å². The summed E-state index contributed by atoms with van der Waals surface area (Å²) in [5, 5.41) is 6.96. The molecule has 13 heteroatoms. The molecule has 33 heavy (non-hydrogen) atoms. The molecule has 1 N–H and O–H groups in total. The zero-order valence-corrected chi connectivity index (χ0v) is 19.1. The number of halogens is 2. The number of hydrogen-bond acceptors (Lipinski definition) is 8. The minimum Gasteiger partial charge on any atom is -0.381 e. The quantitative estimate of drug-likeness (QED) is 0.548. The van der Waals surface area contributed by atoms with Gasteiger partial charge in [-0.25, -0.2) is 27.2 Å². The number of anilines is 1. The third-order valence-electron chi connectivity index (χ3n) is 5.67. The maximum atomic E-state index is 14.6. The Bertz CT molecular complexity index is 1220. The number of sulfonamides is 1. The van der Waals surface area contributed by atoms with Gasteiger partial charge in [-0.15, -0.1) is 10.2 Å². The van der Waals surface area contributed by atoms with Crippen LogP contribution in [0.3, 0.4) is 0 Å². The molecular weight excluding hydrogens is 456 g/mol. The fraction of sp³-hybridized carbons (Fsp3) is 0.450. The number of nitrogens with zero attached hydrogens (tertiary/aromatic N) is 6. The molecule has 0 radical (unpaired) electrons. The first kappa shape index (κ1) is 23.1. The van der Waals surface area contributed by atoms with Crippen LogP contribution in [0.4, 0.5) is 14.7 Å². The van der Waals surface area contributed by atoms with Gasteiger partial charge in [-0.2, -0.15) is 0 Å². The molecule has 1 aliphatic heterocycles. The highest BCUT2D eigenvalue weighted by molar-refractivity contribution is 7.93. The van der Waals surface area contributed by atoms with E-state index in [1.807, 2.05) is 6.92 Å². The Hall–Kier alpha value is -3.06. The van der Waals surface area contributed by atoms with E-state index < -0.39 is 38.5 Å². The van der Waals surface area contributed by atoms with E-state index in [1.165, 1.54) is 6.92 Å². The molecule has 4 rings (SSSR count). The van der Waals surface area contributed by atoms with E-state index in [-0.39, 0.29) is 24.3 Å². The van der Waals surface area contributed by atoms with Crippen molar-refractivity contribution in [2.75, 3.05) is 17.9 Å². The van der Waals surface area contributed by atoms with Crippen molar-refractivity contribution in [3.8, 4) is 5.69 Å². The van der Waals surface area contributed by atoms with E-state index in [0.717, 1.165) is 22.5 Å². The Kier molecular flexibility index (Phi) is 6.34. The highest BCUT2D eigenvalue weighted by Gasteiger charge is 2.34. The lowest BCUT2D eigenvalue weighted by molar-refractivity contribution is 0.193.